The second-order valence-corrected chi connectivity index (χ2v) is 8.86. The number of rotatable bonds is 7. The molecule has 1 N–H and O–H groups in total. The predicted molar refractivity (Wildman–Crippen MR) is 116 cm³/mol. The molecule has 7 heteroatoms. The van der Waals surface area contributed by atoms with Gasteiger partial charge in [-0.1, -0.05) is 54.8 Å². The van der Waals surface area contributed by atoms with Gasteiger partial charge in [0.2, 0.25) is 0 Å². The number of β-amino-alcohol motifs (C(OH)–C–C–N with tert-alkyl or cyclic N) is 1. The third-order valence-electron chi connectivity index (χ3n) is 6.50. The largest absolute Gasteiger partial charge is 0.441 e. The molecule has 4 rings (SSSR count). The van der Waals surface area contributed by atoms with Crippen molar-refractivity contribution in [3.63, 3.8) is 0 Å². The Morgan fingerprint density at radius 3 is 2.50 bits per heavy atom. The van der Waals surface area contributed by atoms with Crippen LogP contribution in [0.2, 0.25) is 0 Å². The fourth-order valence-electron chi connectivity index (χ4n) is 4.91. The first kappa shape index (κ1) is 21.3. The third kappa shape index (κ3) is 5.59. The summed E-state index contributed by atoms with van der Waals surface area (Å²) in [6, 6.07) is 9.47. The monoisotopic (exact) mass is 414 g/mol. The summed E-state index contributed by atoms with van der Waals surface area (Å²) in [6.07, 6.45) is 7.44. The van der Waals surface area contributed by atoms with Crippen molar-refractivity contribution in [2.45, 2.75) is 51.2 Å². The van der Waals surface area contributed by atoms with Crippen LogP contribution in [0.1, 0.15) is 38.5 Å². The van der Waals surface area contributed by atoms with Crippen molar-refractivity contribution in [1.29, 1.82) is 0 Å². The van der Waals surface area contributed by atoms with Gasteiger partial charge in [0.25, 0.3) is 0 Å². The fourth-order valence-corrected chi connectivity index (χ4v) is 4.91. The Bertz CT molecular complexity index is 828. The summed E-state index contributed by atoms with van der Waals surface area (Å²) in [5, 5.41) is 14.6. The molecule has 1 atom stereocenters. The molecule has 1 saturated carbocycles. The molecule has 1 aliphatic carbocycles. The van der Waals surface area contributed by atoms with E-state index in [-0.39, 0.29) is 6.54 Å². The normalized spacial score (nSPS) is 20.8. The highest BCUT2D eigenvalue weighted by Gasteiger charge is 2.22. The zero-order valence-electron chi connectivity index (χ0n) is 17.8. The molecule has 1 saturated heterocycles. The molecule has 2 fully saturated rings. The second-order valence-electron chi connectivity index (χ2n) is 8.86. The first-order valence-electron chi connectivity index (χ1n) is 11.4. The molecule has 0 bridgehead atoms. The van der Waals surface area contributed by atoms with Crippen molar-refractivity contribution in [2.75, 3.05) is 39.3 Å². The Balaban J connectivity index is 1.30. The Kier molecular flexibility index (Phi) is 7.36. The van der Waals surface area contributed by atoms with Crippen LogP contribution in [0, 0.1) is 5.92 Å². The van der Waals surface area contributed by atoms with Crippen LogP contribution in [0.3, 0.4) is 0 Å². The van der Waals surface area contributed by atoms with Gasteiger partial charge in [0.05, 0.1) is 12.6 Å². The minimum atomic E-state index is -0.644. The lowest BCUT2D eigenvalue weighted by Crippen LogP contribution is -2.39. The lowest BCUT2D eigenvalue weighted by atomic mass is 9.89. The van der Waals surface area contributed by atoms with E-state index >= 15 is 0 Å². The number of aromatic nitrogens is 2. The van der Waals surface area contributed by atoms with Crippen molar-refractivity contribution < 1.29 is 9.63 Å². The van der Waals surface area contributed by atoms with Gasteiger partial charge in [0.1, 0.15) is 0 Å². The van der Waals surface area contributed by atoms with E-state index in [2.05, 4.69) is 15.0 Å². The van der Waals surface area contributed by atoms with Crippen LogP contribution in [0.15, 0.2) is 39.6 Å². The molecule has 1 unspecified atom stereocenters. The number of aliphatic hydroxyl groups excluding tert-OH is 1. The van der Waals surface area contributed by atoms with Crippen molar-refractivity contribution >= 4 is 0 Å². The molecular formula is C23H34N4O3. The minimum Gasteiger partial charge on any atom is -0.390 e. The van der Waals surface area contributed by atoms with Gasteiger partial charge in [0.15, 0.2) is 5.82 Å². The van der Waals surface area contributed by atoms with Gasteiger partial charge in [-0.15, -0.1) is 0 Å². The highest BCUT2D eigenvalue weighted by Crippen LogP contribution is 2.24. The standard InChI is InChI=1S/C23H34N4O3/c28-21(18-27-22(24-30-23(27)29)20-10-5-2-6-11-20)17-26-13-7-12-25(14-15-26)16-19-8-3-1-4-9-19/h2,5-6,10-11,19,21,28H,1,3-4,7-9,12-18H2. The predicted octanol–water partition coefficient (Wildman–Crippen LogP) is 2.45. The smallest absolute Gasteiger partial charge is 0.390 e. The Morgan fingerprint density at radius 1 is 0.967 bits per heavy atom. The molecule has 2 heterocycles. The second kappa shape index (κ2) is 10.4. The van der Waals surface area contributed by atoms with E-state index in [1.165, 1.54) is 43.2 Å². The fraction of sp³-hybridized carbons (Fsp3) is 0.652. The van der Waals surface area contributed by atoms with E-state index < -0.39 is 11.9 Å². The van der Waals surface area contributed by atoms with Crippen molar-refractivity contribution in [3.8, 4) is 11.4 Å². The summed E-state index contributed by atoms with van der Waals surface area (Å²) >= 11 is 0. The maximum Gasteiger partial charge on any atom is 0.441 e. The van der Waals surface area contributed by atoms with E-state index in [1.807, 2.05) is 30.3 Å². The molecule has 164 valence electrons. The SMILES string of the molecule is O=c1onc(-c2ccccc2)n1CC(O)CN1CCCN(CC2CCCCC2)CC1. The van der Waals surface area contributed by atoms with Gasteiger partial charge in [-0.2, -0.15) is 0 Å². The van der Waals surface area contributed by atoms with Crippen LogP contribution < -0.4 is 5.76 Å². The van der Waals surface area contributed by atoms with E-state index in [9.17, 15) is 9.90 Å². The maximum atomic E-state index is 12.1. The van der Waals surface area contributed by atoms with Crippen LogP contribution >= 0.6 is 0 Å². The van der Waals surface area contributed by atoms with Crippen LogP contribution in [0.25, 0.3) is 11.4 Å². The molecule has 1 aromatic heterocycles. The zero-order chi connectivity index (χ0) is 20.8. The average molecular weight is 415 g/mol. The van der Waals surface area contributed by atoms with Crippen LogP contribution in [0.4, 0.5) is 0 Å². The molecule has 2 aliphatic rings. The molecule has 30 heavy (non-hydrogen) atoms. The third-order valence-corrected chi connectivity index (χ3v) is 6.50. The van der Waals surface area contributed by atoms with Crippen LogP contribution in [-0.2, 0) is 6.54 Å². The lowest BCUT2D eigenvalue weighted by molar-refractivity contribution is 0.0972. The molecule has 7 nitrogen and oxygen atoms in total. The summed E-state index contributed by atoms with van der Waals surface area (Å²) in [4.78, 5) is 17.1. The molecule has 1 aliphatic heterocycles. The van der Waals surface area contributed by atoms with Crippen molar-refractivity contribution in [3.05, 3.63) is 40.9 Å². The minimum absolute atomic E-state index is 0.189. The number of hydrogen-bond acceptors (Lipinski definition) is 6. The highest BCUT2D eigenvalue weighted by atomic mass is 16.5. The quantitative estimate of drug-likeness (QED) is 0.750. The summed E-state index contributed by atoms with van der Waals surface area (Å²) in [7, 11) is 0. The van der Waals surface area contributed by atoms with E-state index in [1.54, 1.807) is 0 Å². The van der Waals surface area contributed by atoms with Gasteiger partial charge in [0, 0.05) is 31.7 Å². The van der Waals surface area contributed by atoms with Gasteiger partial charge < -0.3 is 10.0 Å². The van der Waals surface area contributed by atoms with Gasteiger partial charge in [-0.05, 0) is 38.3 Å². The van der Waals surface area contributed by atoms with Gasteiger partial charge in [-0.3, -0.25) is 14.0 Å². The Morgan fingerprint density at radius 2 is 1.70 bits per heavy atom. The molecule has 2 aromatic rings. The average Bonchev–Trinajstić information content (AvgIpc) is 2.98. The molecule has 0 spiro atoms. The highest BCUT2D eigenvalue weighted by molar-refractivity contribution is 5.54. The number of nitrogens with zero attached hydrogens (tertiary/aromatic N) is 4. The van der Waals surface area contributed by atoms with E-state index in [0.717, 1.165) is 44.1 Å². The molecule has 0 radical (unpaired) electrons. The molecular weight excluding hydrogens is 380 g/mol. The van der Waals surface area contributed by atoms with Crippen LogP contribution in [0.5, 0.6) is 0 Å². The summed E-state index contributed by atoms with van der Waals surface area (Å²) < 4.78 is 6.31. The van der Waals surface area contributed by atoms with Crippen molar-refractivity contribution in [1.82, 2.24) is 19.5 Å². The van der Waals surface area contributed by atoms with Crippen LogP contribution in [-0.4, -0.2) is 70.0 Å². The molecule has 0 amide bonds. The molecule has 1 aromatic carbocycles. The van der Waals surface area contributed by atoms with Gasteiger partial charge in [-0.25, -0.2) is 4.79 Å². The Hall–Kier alpha value is -1.96. The van der Waals surface area contributed by atoms with Gasteiger partial charge >= 0.3 is 5.76 Å². The summed E-state index contributed by atoms with van der Waals surface area (Å²) in [5.74, 6) is 0.810. The van der Waals surface area contributed by atoms with Crippen molar-refractivity contribution in [2.24, 2.45) is 5.92 Å². The Labute approximate surface area is 178 Å². The van der Waals surface area contributed by atoms with E-state index in [4.69, 9.17) is 4.52 Å². The summed E-state index contributed by atoms with van der Waals surface area (Å²) in [6.45, 7) is 6.14. The number of aliphatic hydroxyl groups is 1. The van der Waals surface area contributed by atoms with E-state index in [0.29, 0.717) is 12.4 Å². The number of benzene rings is 1. The summed E-state index contributed by atoms with van der Waals surface area (Å²) in [5.41, 5.74) is 0.809. The lowest BCUT2D eigenvalue weighted by Gasteiger charge is -2.29. The number of hydrogen-bond donors (Lipinski definition) is 1. The topological polar surface area (TPSA) is 74.7 Å². The first-order valence-corrected chi connectivity index (χ1v) is 11.4. The maximum absolute atomic E-state index is 12.1. The zero-order valence-corrected chi connectivity index (χ0v) is 17.8. The first-order chi connectivity index (χ1) is 14.7.